The van der Waals surface area contributed by atoms with E-state index in [1.165, 1.54) is 18.6 Å². The summed E-state index contributed by atoms with van der Waals surface area (Å²) < 4.78 is 13.1. The highest BCUT2D eigenvalue weighted by atomic mass is 19.1. The lowest BCUT2D eigenvalue weighted by molar-refractivity contribution is 0.0789. The summed E-state index contributed by atoms with van der Waals surface area (Å²) in [6, 6.07) is 6.02. The van der Waals surface area contributed by atoms with Crippen LogP contribution in [0.25, 0.3) is 0 Å². The lowest BCUT2D eigenvalue weighted by atomic mass is 9.76. The Morgan fingerprint density at radius 1 is 1.50 bits per heavy atom. The first-order valence-corrected chi connectivity index (χ1v) is 7.34. The van der Waals surface area contributed by atoms with Crippen LogP contribution in [0.1, 0.15) is 44.3 Å². The van der Waals surface area contributed by atoms with Crippen molar-refractivity contribution in [2.75, 3.05) is 13.2 Å². The number of benzene rings is 1. The Labute approximate surface area is 119 Å². The van der Waals surface area contributed by atoms with Crippen molar-refractivity contribution in [3.8, 4) is 0 Å². The van der Waals surface area contributed by atoms with Gasteiger partial charge in [0, 0.05) is 12.1 Å². The number of nitrogens with one attached hydrogen (secondary N) is 1. The summed E-state index contributed by atoms with van der Waals surface area (Å²) in [4.78, 5) is 0. The minimum atomic E-state index is -0.758. The summed E-state index contributed by atoms with van der Waals surface area (Å²) in [5.41, 5.74) is 0.265. The molecule has 1 saturated carbocycles. The number of β-amino-alcohol motifs (C(OH)–C–C–N with tert-alkyl or cyclic N) is 1. The number of halogens is 1. The van der Waals surface area contributed by atoms with Crippen LogP contribution < -0.4 is 5.32 Å². The van der Waals surface area contributed by atoms with E-state index in [4.69, 9.17) is 0 Å². The zero-order valence-corrected chi connectivity index (χ0v) is 12.0. The van der Waals surface area contributed by atoms with E-state index in [1.807, 2.05) is 0 Å². The molecule has 4 heteroatoms. The van der Waals surface area contributed by atoms with Gasteiger partial charge in [-0.1, -0.05) is 31.9 Å². The quantitative estimate of drug-likeness (QED) is 0.777. The van der Waals surface area contributed by atoms with Gasteiger partial charge < -0.3 is 15.5 Å². The molecule has 0 saturated heterocycles. The summed E-state index contributed by atoms with van der Waals surface area (Å²) in [5, 5.41) is 23.1. The van der Waals surface area contributed by atoms with E-state index in [0.29, 0.717) is 18.0 Å². The molecule has 0 spiro atoms. The molecule has 0 radical (unpaired) electrons. The first-order valence-electron chi connectivity index (χ1n) is 7.34. The Morgan fingerprint density at radius 3 is 2.95 bits per heavy atom. The number of hydrogen-bond donors (Lipinski definition) is 3. The second kappa shape index (κ2) is 6.66. The fourth-order valence-electron chi connectivity index (χ4n) is 3.17. The van der Waals surface area contributed by atoms with Crippen LogP contribution in [0.5, 0.6) is 0 Å². The SMILES string of the molecule is CC1CCCC(CO)(NCC(O)c2cccc(F)c2)C1. The summed E-state index contributed by atoms with van der Waals surface area (Å²) in [6.45, 7) is 2.60. The normalized spacial score (nSPS) is 28.3. The van der Waals surface area contributed by atoms with Crippen LogP contribution in [0.15, 0.2) is 24.3 Å². The third-order valence-electron chi connectivity index (χ3n) is 4.30. The predicted molar refractivity (Wildman–Crippen MR) is 76.8 cm³/mol. The van der Waals surface area contributed by atoms with Crippen molar-refractivity contribution in [2.24, 2.45) is 5.92 Å². The van der Waals surface area contributed by atoms with Gasteiger partial charge in [0.25, 0.3) is 0 Å². The minimum Gasteiger partial charge on any atom is -0.394 e. The molecule has 0 bridgehead atoms. The Hall–Kier alpha value is -0.970. The van der Waals surface area contributed by atoms with Crippen LogP contribution in [0.2, 0.25) is 0 Å². The number of hydrogen-bond acceptors (Lipinski definition) is 3. The van der Waals surface area contributed by atoms with E-state index in [-0.39, 0.29) is 18.0 Å². The van der Waals surface area contributed by atoms with Crippen LogP contribution in [0, 0.1) is 11.7 Å². The smallest absolute Gasteiger partial charge is 0.123 e. The molecule has 1 aliphatic rings. The highest BCUT2D eigenvalue weighted by Crippen LogP contribution is 2.32. The van der Waals surface area contributed by atoms with Gasteiger partial charge in [0.1, 0.15) is 5.82 Å². The van der Waals surface area contributed by atoms with E-state index < -0.39 is 6.10 Å². The Balaban J connectivity index is 1.96. The maximum atomic E-state index is 13.1. The molecular formula is C16H24FNO2. The highest BCUT2D eigenvalue weighted by Gasteiger charge is 2.34. The van der Waals surface area contributed by atoms with Gasteiger partial charge in [0.05, 0.1) is 12.7 Å². The molecule has 1 fully saturated rings. The van der Waals surface area contributed by atoms with Gasteiger partial charge in [-0.3, -0.25) is 0 Å². The molecule has 0 heterocycles. The zero-order chi connectivity index (χ0) is 14.6. The molecule has 20 heavy (non-hydrogen) atoms. The molecule has 112 valence electrons. The molecule has 2 rings (SSSR count). The lowest BCUT2D eigenvalue weighted by Gasteiger charge is -2.40. The minimum absolute atomic E-state index is 0.0766. The molecule has 3 N–H and O–H groups in total. The highest BCUT2D eigenvalue weighted by molar-refractivity contribution is 5.19. The Kier molecular flexibility index (Phi) is 5.13. The van der Waals surface area contributed by atoms with Gasteiger partial charge in [-0.2, -0.15) is 0 Å². The third-order valence-corrected chi connectivity index (χ3v) is 4.30. The lowest BCUT2D eigenvalue weighted by Crippen LogP contribution is -2.52. The number of aliphatic hydroxyl groups excluding tert-OH is 2. The van der Waals surface area contributed by atoms with Gasteiger partial charge in [-0.25, -0.2) is 4.39 Å². The van der Waals surface area contributed by atoms with Crippen molar-refractivity contribution in [1.82, 2.24) is 5.32 Å². The van der Waals surface area contributed by atoms with Crippen molar-refractivity contribution < 1.29 is 14.6 Å². The molecule has 3 nitrogen and oxygen atoms in total. The molecule has 0 aliphatic heterocycles. The van der Waals surface area contributed by atoms with Gasteiger partial charge in [-0.05, 0) is 36.5 Å². The fourth-order valence-corrected chi connectivity index (χ4v) is 3.17. The number of rotatable bonds is 5. The number of aliphatic hydroxyl groups is 2. The van der Waals surface area contributed by atoms with Crippen LogP contribution in [0.3, 0.4) is 0 Å². The van der Waals surface area contributed by atoms with Crippen LogP contribution >= 0.6 is 0 Å². The van der Waals surface area contributed by atoms with E-state index >= 15 is 0 Å². The summed E-state index contributed by atoms with van der Waals surface area (Å²) in [5.74, 6) is 0.236. The molecule has 3 unspecified atom stereocenters. The standard InChI is InChI=1S/C16H24FNO2/c1-12-4-3-7-16(9-12,11-19)18-10-15(20)13-5-2-6-14(17)8-13/h2,5-6,8,12,15,18-20H,3-4,7,9-11H2,1H3. The molecule has 0 aromatic heterocycles. The van der Waals surface area contributed by atoms with Crippen LogP contribution in [-0.2, 0) is 0 Å². The van der Waals surface area contributed by atoms with E-state index in [1.54, 1.807) is 12.1 Å². The fraction of sp³-hybridized carbons (Fsp3) is 0.625. The molecule has 1 aliphatic carbocycles. The van der Waals surface area contributed by atoms with Gasteiger partial charge in [0.15, 0.2) is 0 Å². The van der Waals surface area contributed by atoms with E-state index in [2.05, 4.69) is 12.2 Å². The van der Waals surface area contributed by atoms with Crippen molar-refractivity contribution in [3.05, 3.63) is 35.6 Å². The molecule has 3 atom stereocenters. The Morgan fingerprint density at radius 2 is 2.30 bits per heavy atom. The van der Waals surface area contributed by atoms with Crippen molar-refractivity contribution >= 4 is 0 Å². The largest absolute Gasteiger partial charge is 0.394 e. The topological polar surface area (TPSA) is 52.5 Å². The van der Waals surface area contributed by atoms with Crippen LogP contribution in [0.4, 0.5) is 4.39 Å². The summed E-state index contributed by atoms with van der Waals surface area (Å²) >= 11 is 0. The van der Waals surface area contributed by atoms with Crippen molar-refractivity contribution in [3.63, 3.8) is 0 Å². The molecular weight excluding hydrogens is 257 g/mol. The van der Waals surface area contributed by atoms with E-state index in [9.17, 15) is 14.6 Å². The van der Waals surface area contributed by atoms with Crippen molar-refractivity contribution in [1.29, 1.82) is 0 Å². The maximum Gasteiger partial charge on any atom is 0.123 e. The molecule has 1 aromatic carbocycles. The van der Waals surface area contributed by atoms with Crippen LogP contribution in [-0.4, -0.2) is 28.9 Å². The predicted octanol–water partition coefficient (Wildman–Crippen LogP) is 2.39. The average Bonchev–Trinajstić information content (AvgIpc) is 2.45. The first-order chi connectivity index (χ1) is 9.54. The first kappa shape index (κ1) is 15.4. The average molecular weight is 281 g/mol. The second-order valence-electron chi connectivity index (χ2n) is 6.09. The zero-order valence-electron chi connectivity index (χ0n) is 12.0. The summed E-state index contributed by atoms with van der Waals surface area (Å²) in [7, 11) is 0. The van der Waals surface area contributed by atoms with E-state index in [0.717, 1.165) is 19.3 Å². The maximum absolute atomic E-state index is 13.1. The van der Waals surface area contributed by atoms with Crippen molar-refractivity contribution in [2.45, 2.75) is 44.2 Å². The monoisotopic (exact) mass is 281 g/mol. The molecule has 0 amide bonds. The molecule has 1 aromatic rings. The summed E-state index contributed by atoms with van der Waals surface area (Å²) in [6.07, 6.45) is 3.36. The second-order valence-corrected chi connectivity index (χ2v) is 6.09. The van der Waals surface area contributed by atoms with Gasteiger partial charge >= 0.3 is 0 Å². The Bertz CT molecular complexity index is 440. The van der Waals surface area contributed by atoms with Gasteiger partial charge in [0.2, 0.25) is 0 Å². The third kappa shape index (κ3) is 3.78. The van der Waals surface area contributed by atoms with Gasteiger partial charge in [-0.15, -0.1) is 0 Å².